The van der Waals surface area contributed by atoms with Crippen LogP contribution in [0.2, 0.25) is 0 Å². The third kappa shape index (κ3) is 2.94. The van der Waals surface area contributed by atoms with E-state index in [0.717, 1.165) is 19.6 Å². The number of carboxylic acids is 1. The molecule has 0 aromatic rings. The minimum atomic E-state index is -1.26. The van der Waals surface area contributed by atoms with Crippen LogP contribution >= 0.6 is 0 Å². The summed E-state index contributed by atoms with van der Waals surface area (Å²) in [5.74, 6) is -1.14. The Morgan fingerprint density at radius 3 is 2.71 bits per heavy atom. The lowest BCUT2D eigenvalue weighted by Gasteiger charge is -2.38. The summed E-state index contributed by atoms with van der Waals surface area (Å²) in [4.78, 5) is 14.7. The Labute approximate surface area is 83.9 Å². The SMILES string of the molecule is CC1CN(C)CCN1CC(O)C(=O)O. The largest absolute Gasteiger partial charge is 0.479 e. The minimum Gasteiger partial charge on any atom is -0.479 e. The highest BCUT2D eigenvalue weighted by Gasteiger charge is 2.25. The second-order valence-corrected chi connectivity index (χ2v) is 3.96. The van der Waals surface area contributed by atoms with E-state index in [0.29, 0.717) is 6.04 Å². The van der Waals surface area contributed by atoms with Gasteiger partial charge < -0.3 is 15.1 Å². The Kier molecular flexibility index (Phi) is 3.86. The quantitative estimate of drug-likeness (QED) is 0.619. The third-order valence-electron chi connectivity index (χ3n) is 2.66. The first-order chi connectivity index (χ1) is 6.50. The van der Waals surface area contributed by atoms with Crippen molar-refractivity contribution in [3.05, 3.63) is 0 Å². The van der Waals surface area contributed by atoms with Gasteiger partial charge in [-0.1, -0.05) is 0 Å². The van der Waals surface area contributed by atoms with Gasteiger partial charge in [0.2, 0.25) is 0 Å². The Morgan fingerprint density at radius 2 is 2.21 bits per heavy atom. The lowest BCUT2D eigenvalue weighted by molar-refractivity contribution is -0.148. The van der Waals surface area contributed by atoms with Gasteiger partial charge in [0, 0.05) is 32.2 Å². The Hall–Kier alpha value is -0.650. The van der Waals surface area contributed by atoms with Gasteiger partial charge in [-0.25, -0.2) is 4.79 Å². The Bertz CT molecular complexity index is 210. The highest BCUT2D eigenvalue weighted by molar-refractivity contribution is 5.72. The molecule has 0 aliphatic carbocycles. The molecule has 0 saturated carbocycles. The molecule has 0 bridgehead atoms. The predicted octanol–water partition coefficient (Wildman–Crippen LogP) is -0.932. The molecular formula is C9H18N2O3. The van der Waals surface area contributed by atoms with Crippen molar-refractivity contribution in [1.29, 1.82) is 0 Å². The van der Waals surface area contributed by atoms with Crippen LogP contribution in [0.4, 0.5) is 0 Å². The molecule has 0 spiro atoms. The number of rotatable bonds is 3. The number of nitrogens with zero attached hydrogens (tertiary/aromatic N) is 2. The number of likely N-dealkylation sites (N-methyl/N-ethyl adjacent to an activating group) is 1. The van der Waals surface area contributed by atoms with Crippen molar-refractivity contribution in [3.63, 3.8) is 0 Å². The molecule has 1 rings (SSSR count). The number of carbonyl (C=O) groups is 1. The van der Waals surface area contributed by atoms with Crippen molar-refractivity contribution in [1.82, 2.24) is 9.80 Å². The Morgan fingerprint density at radius 1 is 1.57 bits per heavy atom. The summed E-state index contributed by atoms with van der Waals surface area (Å²) in [5, 5.41) is 17.8. The van der Waals surface area contributed by atoms with Gasteiger partial charge in [0.25, 0.3) is 0 Å². The van der Waals surface area contributed by atoms with Gasteiger partial charge in [0.05, 0.1) is 0 Å². The average molecular weight is 202 g/mol. The van der Waals surface area contributed by atoms with Gasteiger partial charge in [-0.15, -0.1) is 0 Å². The molecule has 1 fully saturated rings. The van der Waals surface area contributed by atoms with Crippen LogP contribution in [-0.2, 0) is 4.79 Å². The Balaban J connectivity index is 2.41. The molecule has 1 heterocycles. The molecule has 14 heavy (non-hydrogen) atoms. The standard InChI is InChI=1S/C9H18N2O3/c1-7-5-10(2)3-4-11(7)6-8(12)9(13)14/h7-8,12H,3-6H2,1-2H3,(H,13,14). The molecule has 0 aromatic heterocycles. The summed E-state index contributed by atoms with van der Waals surface area (Å²) in [6, 6.07) is 0.308. The number of aliphatic carboxylic acids is 1. The first kappa shape index (κ1) is 11.4. The van der Waals surface area contributed by atoms with Crippen LogP contribution in [0.5, 0.6) is 0 Å². The maximum Gasteiger partial charge on any atom is 0.333 e. The van der Waals surface area contributed by atoms with Crippen LogP contribution in [0.15, 0.2) is 0 Å². The molecule has 2 unspecified atom stereocenters. The van der Waals surface area contributed by atoms with Gasteiger partial charge in [-0.05, 0) is 14.0 Å². The van der Waals surface area contributed by atoms with Gasteiger partial charge in [-0.3, -0.25) is 4.90 Å². The van der Waals surface area contributed by atoms with Crippen LogP contribution < -0.4 is 0 Å². The van der Waals surface area contributed by atoms with Crippen molar-refractivity contribution in [2.24, 2.45) is 0 Å². The molecule has 2 N–H and O–H groups in total. The van der Waals surface area contributed by atoms with Crippen LogP contribution in [0, 0.1) is 0 Å². The van der Waals surface area contributed by atoms with E-state index in [4.69, 9.17) is 5.11 Å². The maximum absolute atomic E-state index is 10.5. The van der Waals surface area contributed by atoms with Gasteiger partial charge in [0.1, 0.15) is 0 Å². The van der Waals surface area contributed by atoms with Crippen molar-refractivity contribution in [2.45, 2.75) is 19.1 Å². The molecule has 5 heteroatoms. The number of aliphatic hydroxyl groups excluding tert-OH is 1. The van der Waals surface area contributed by atoms with Crippen LogP contribution in [-0.4, -0.2) is 71.4 Å². The minimum absolute atomic E-state index is 0.227. The lowest BCUT2D eigenvalue weighted by Crippen LogP contribution is -2.53. The van der Waals surface area contributed by atoms with Gasteiger partial charge >= 0.3 is 5.97 Å². The summed E-state index contributed by atoms with van der Waals surface area (Å²) in [6.07, 6.45) is -1.26. The van der Waals surface area contributed by atoms with E-state index in [9.17, 15) is 9.90 Å². The number of carboxylic acid groups (broad SMARTS) is 1. The molecule has 0 aromatic carbocycles. The number of β-amino-alcohol motifs (C(OH)–C–C–N with tert-alkyl or cyclic N) is 1. The molecule has 1 aliphatic rings. The van der Waals surface area contributed by atoms with E-state index in [1.165, 1.54) is 0 Å². The molecule has 5 nitrogen and oxygen atoms in total. The first-order valence-corrected chi connectivity index (χ1v) is 4.84. The van der Waals surface area contributed by atoms with Crippen LogP contribution in [0.1, 0.15) is 6.92 Å². The number of hydrogen-bond acceptors (Lipinski definition) is 4. The van der Waals surface area contributed by atoms with Crippen LogP contribution in [0.3, 0.4) is 0 Å². The van der Waals surface area contributed by atoms with E-state index in [1.54, 1.807) is 0 Å². The number of piperazine rings is 1. The summed E-state index contributed by atoms with van der Waals surface area (Å²) >= 11 is 0. The fraction of sp³-hybridized carbons (Fsp3) is 0.889. The number of hydrogen-bond donors (Lipinski definition) is 2. The van der Waals surface area contributed by atoms with E-state index in [-0.39, 0.29) is 6.54 Å². The molecule has 0 radical (unpaired) electrons. The molecule has 82 valence electrons. The van der Waals surface area contributed by atoms with Crippen molar-refractivity contribution in [2.75, 3.05) is 33.2 Å². The third-order valence-corrected chi connectivity index (χ3v) is 2.66. The summed E-state index contributed by atoms with van der Waals surface area (Å²) in [6.45, 7) is 4.94. The van der Waals surface area contributed by atoms with E-state index in [1.807, 2.05) is 18.9 Å². The van der Waals surface area contributed by atoms with E-state index >= 15 is 0 Å². The van der Waals surface area contributed by atoms with Gasteiger partial charge in [-0.2, -0.15) is 0 Å². The van der Waals surface area contributed by atoms with Crippen molar-refractivity contribution >= 4 is 5.97 Å². The smallest absolute Gasteiger partial charge is 0.333 e. The van der Waals surface area contributed by atoms with Crippen molar-refractivity contribution < 1.29 is 15.0 Å². The topological polar surface area (TPSA) is 64.0 Å². The van der Waals surface area contributed by atoms with E-state index < -0.39 is 12.1 Å². The molecule has 2 atom stereocenters. The summed E-state index contributed by atoms with van der Waals surface area (Å²) < 4.78 is 0. The fourth-order valence-electron chi connectivity index (χ4n) is 1.75. The normalized spacial score (nSPS) is 27.5. The zero-order valence-corrected chi connectivity index (χ0v) is 8.68. The second kappa shape index (κ2) is 4.72. The van der Waals surface area contributed by atoms with Crippen LogP contribution in [0.25, 0.3) is 0 Å². The fourth-order valence-corrected chi connectivity index (χ4v) is 1.75. The zero-order chi connectivity index (χ0) is 10.7. The highest BCUT2D eigenvalue weighted by atomic mass is 16.4. The van der Waals surface area contributed by atoms with Gasteiger partial charge in [0.15, 0.2) is 6.10 Å². The van der Waals surface area contributed by atoms with E-state index in [2.05, 4.69) is 4.90 Å². The molecule has 1 saturated heterocycles. The second-order valence-electron chi connectivity index (χ2n) is 3.96. The highest BCUT2D eigenvalue weighted by Crippen LogP contribution is 2.08. The maximum atomic E-state index is 10.5. The zero-order valence-electron chi connectivity index (χ0n) is 8.68. The molecule has 0 amide bonds. The summed E-state index contributed by atoms with van der Waals surface area (Å²) in [7, 11) is 2.04. The number of aliphatic hydroxyl groups is 1. The predicted molar refractivity (Wildman–Crippen MR) is 52.2 cm³/mol. The lowest BCUT2D eigenvalue weighted by atomic mass is 10.2. The summed E-state index contributed by atoms with van der Waals surface area (Å²) in [5.41, 5.74) is 0. The average Bonchev–Trinajstić information content (AvgIpc) is 2.09. The first-order valence-electron chi connectivity index (χ1n) is 4.84. The molecular weight excluding hydrogens is 184 g/mol. The molecule has 1 aliphatic heterocycles. The van der Waals surface area contributed by atoms with Crippen molar-refractivity contribution in [3.8, 4) is 0 Å². The monoisotopic (exact) mass is 202 g/mol.